The van der Waals surface area contributed by atoms with Gasteiger partial charge < -0.3 is 0 Å². The zero-order valence-electron chi connectivity index (χ0n) is 8.82. The Balaban J connectivity index is 0.00000112. The molecule has 1 saturated heterocycles. The van der Waals surface area contributed by atoms with Gasteiger partial charge in [-0.25, -0.2) is 0 Å². The quantitative estimate of drug-likeness (QED) is 0.761. The van der Waals surface area contributed by atoms with Crippen LogP contribution in [0.1, 0.15) is 5.56 Å². The molecule has 1 fully saturated rings. The summed E-state index contributed by atoms with van der Waals surface area (Å²) in [6.45, 7) is 5.03. The van der Waals surface area contributed by atoms with Gasteiger partial charge in [-0.05, 0) is 0 Å². The first-order valence-corrected chi connectivity index (χ1v) is 6.54. The Labute approximate surface area is 111 Å². The third kappa shape index (κ3) is 3.95. The van der Waals surface area contributed by atoms with E-state index in [1.165, 1.54) is 28.0 Å². The monoisotopic (exact) mass is 320 g/mol. The van der Waals surface area contributed by atoms with Crippen molar-refractivity contribution < 1.29 is 23.0 Å². The molecule has 4 heteroatoms. The van der Waals surface area contributed by atoms with Crippen LogP contribution in [0.3, 0.4) is 0 Å². The maximum absolute atomic E-state index is 5.33. The van der Waals surface area contributed by atoms with Crippen LogP contribution < -0.4 is 4.16 Å². The molecule has 0 N–H and O–H groups in total. The molecule has 15 heavy (non-hydrogen) atoms. The predicted molar refractivity (Wildman–Crippen MR) is 62.5 cm³/mol. The van der Waals surface area contributed by atoms with E-state index in [1.54, 1.807) is 0 Å². The van der Waals surface area contributed by atoms with Crippen molar-refractivity contribution in [3.05, 3.63) is 29.8 Å². The van der Waals surface area contributed by atoms with Crippen LogP contribution in [0.5, 0.6) is 0 Å². The molecule has 0 amide bonds. The number of ether oxygens (including phenoxy) is 1. The van der Waals surface area contributed by atoms with Crippen molar-refractivity contribution >= 4 is 21.1 Å². The summed E-state index contributed by atoms with van der Waals surface area (Å²) < 4.78 is 6.85. The van der Waals surface area contributed by atoms with Crippen molar-refractivity contribution in [2.45, 2.75) is 6.54 Å². The Bertz CT molecular complexity index is 302. The van der Waals surface area contributed by atoms with E-state index in [4.69, 9.17) is 4.74 Å². The van der Waals surface area contributed by atoms with Gasteiger partial charge >= 0.3 is 94.8 Å². The molecule has 79 valence electrons. The molecule has 0 atom stereocenters. The molecule has 0 saturated carbocycles. The van der Waals surface area contributed by atoms with Crippen LogP contribution in [0.15, 0.2) is 24.3 Å². The van der Waals surface area contributed by atoms with Crippen molar-refractivity contribution in [2.24, 2.45) is 0 Å². The Hall–Kier alpha value is 0.243. The van der Waals surface area contributed by atoms with Crippen molar-refractivity contribution in [1.82, 2.24) is 4.90 Å². The summed E-state index contributed by atoms with van der Waals surface area (Å²) in [4.78, 5) is 2.47. The van der Waals surface area contributed by atoms with Gasteiger partial charge in [0.15, 0.2) is 0 Å². The van der Waals surface area contributed by atoms with Crippen LogP contribution in [-0.4, -0.2) is 31.2 Å². The molecule has 0 aliphatic carbocycles. The topological polar surface area (TPSA) is 12.5 Å². The molecule has 0 aromatic heterocycles. The molecule has 2 rings (SSSR count). The minimum atomic E-state index is 0. The fourth-order valence-corrected chi connectivity index (χ4v) is 2.48. The van der Waals surface area contributed by atoms with Crippen molar-refractivity contribution in [2.75, 3.05) is 26.3 Å². The van der Waals surface area contributed by atoms with E-state index < -0.39 is 0 Å². The molecular weight excluding hydrogens is 307 g/mol. The summed E-state index contributed by atoms with van der Waals surface area (Å²) >= 11 is 1.25. The van der Waals surface area contributed by atoms with Crippen LogP contribution in [0.25, 0.3) is 0 Å². The van der Waals surface area contributed by atoms with Gasteiger partial charge in [0.25, 0.3) is 0 Å². The van der Waals surface area contributed by atoms with E-state index in [-0.39, 0.29) is 17.0 Å². The normalized spacial score (nSPS) is 17.2. The van der Waals surface area contributed by atoms with E-state index >= 15 is 0 Å². The number of hydrogen-bond donors (Lipinski definition) is 0. The van der Waals surface area contributed by atoms with E-state index in [1.807, 2.05) is 0 Å². The summed E-state index contributed by atoms with van der Waals surface area (Å²) in [5.74, 6) is 0. The zero-order chi connectivity index (χ0) is 9.80. The molecule has 2 nitrogen and oxygen atoms in total. The second-order valence-electron chi connectivity index (χ2n) is 3.66. The van der Waals surface area contributed by atoms with E-state index in [0.717, 1.165) is 32.8 Å². The molecule has 1 aromatic rings. The number of rotatable bonds is 2. The van der Waals surface area contributed by atoms with Gasteiger partial charge in [-0.2, -0.15) is 0 Å². The average molecular weight is 323 g/mol. The second-order valence-corrected chi connectivity index (χ2v) is 5.26. The molecule has 0 bridgehead atoms. The van der Waals surface area contributed by atoms with Gasteiger partial charge in [0.1, 0.15) is 0 Å². The molecule has 1 aliphatic heterocycles. The van der Waals surface area contributed by atoms with Crippen molar-refractivity contribution in [3.63, 3.8) is 0 Å². The average Bonchev–Trinajstić information content (AvgIpc) is 2.23. The Morgan fingerprint density at radius 2 is 1.87 bits per heavy atom. The van der Waals surface area contributed by atoms with Gasteiger partial charge in [0.05, 0.1) is 0 Å². The number of hydrogen-bond acceptors (Lipinski definition) is 2. The first-order valence-electron chi connectivity index (χ1n) is 5.06. The van der Waals surface area contributed by atoms with Crippen LogP contribution in [-0.2, 0) is 29.6 Å². The molecular formula is C11H15BrNOZn. The molecule has 1 aromatic carbocycles. The van der Waals surface area contributed by atoms with Gasteiger partial charge in [0.2, 0.25) is 0 Å². The first kappa shape index (κ1) is 13.3. The summed E-state index contributed by atoms with van der Waals surface area (Å²) in [7, 11) is 0. The number of benzene rings is 1. The van der Waals surface area contributed by atoms with E-state index in [9.17, 15) is 0 Å². The van der Waals surface area contributed by atoms with Crippen molar-refractivity contribution in [3.8, 4) is 0 Å². The van der Waals surface area contributed by atoms with Crippen LogP contribution >= 0.6 is 17.0 Å². The first-order chi connectivity index (χ1) is 6.86. The number of morpholine rings is 1. The Morgan fingerprint density at radius 3 is 2.53 bits per heavy atom. The van der Waals surface area contributed by atoms with Gasteiger partial charge in [-0.15, -0.1) is 17.0 Å². The molecule has 1 heterocycles. The number of halogens is 1. The summed E-state index contributed by atoms with van der Waals surface area (Å²) in [6, 6.07) is 8.74. The molecule has 0 unspecified atom stereocenters. The standard InChI is InChI=1S/C11H14NO.BrH.Zn/c1-2-4-11(5-3-1)10-12-6-8-13-9-7-12;;/h1-4H,6-10H2;1H;. The Kier molecular flexibility index (Phi) is 5.99. The fourth-order valence-electron chi connectivity index (χ4n) is 1.71. The third-order valence-electron chi connectivity index (χ3n) is 2.62. The van der Waals surface area contributed by atoms with Crippen LogP contribution in [0, 0.1) is 0 Å². The summed E-state index contributed by atoms with van der Waals surface area (Å²) in [5.41, 5.74) is 1.49. The predicted octanol–water partition coefficient (Wildman–Crippen LogP) is 1.27. The van der Waals surface area contributed by atoms with Crippen molar-refractivity contribution in [1.29, 1.82) is 0 Å². The maximum atomic E-state index is 5.33. The Morgan fingerprint density at radius 1 is 1.20 bits per heavy atom. The fraction of sp³-hybridized carbons (Fsp3) is 0.455. The molecule has 0 radical (unpaired) electrons. The molecule has 0 spiro atoms. The van der Waals surface area contributed by atoms with Gasteiger partial charge in [0, 0.05) is 0 Å². The molecule has 1 aliphatic rings. The SMILES string of the molecule is Br.[Zn][c]1ccccc1CN1CCOCC1. The minimum absolute atomic E-state index is 0. The van der Waals surface area contributed by atoms with Gasteiger partial charge in [-0.1, -0.05) is 0 Å². The third-order valence-corrected chi connectivity index (χ3v) is 4.06. The summed E-state index contributed by atoms with van der Waals surface area (Å²) in [5, 5.41) is 0. The number of nitrogens with zero attached hydrogens (tertiary/aromatic N) is 1. The van der Waals surface area contributed by atoms with E-state index in [0.29, 0.717) is 0 Å². The second kappa shape index (κ2) is 6.75. The van der Waals surface area contributed by atoms with Gasteiger partial charge in [-0.3, -0.25) is 0 Å². The summed E-state index contributed by atoms with van der Waals surface area (Å²) in [6.07, 6.45) is 0. The van der Waals surface area contributed by atoms with Crippen LogP contribution in [0.4, 0.5) is 0 Å². The van der Waals surface area contributed by atoms with Crippen LogP contribution in [0.2, 0.25) is 0 Å². The van der Waals surface area contributed by atoms with E-state index in [2.05, 4.69) is 29.2 Å². The zero-order valence-corrected chi connectivity index (χ0v) is 13.5.